The van der Waals surface area contributed by atoms with E-state index >= 15 is 0 Å². The molecule has 4 nitrogen and oxygen atoms in total. The fourth-order valence-electron chi connectivity index (χ4n) is 2.76. The number of sulfonamides is 1. The Balaban J connectivity index is 1.90. The Morgan fingerprint density at radius 2 is 1.86 bits per heavy atom. The van der Waals surface area contributed by atoms with Gasteiger partial charge in [0.15, 0.2) is 0 Å². The Morgan fingerprint density at radius 1 is 1.10 bits per heavy atom. The smallest absolute Gasteiger partial charge is 0.241 e. The number of pyridine rings is 1. The number of nitrogens with one attached hydrogen (secondary N) is 1. The lowest BCUT2D eigenvalue weighted by Crippen LogP contribution is -2.37. The first-order chi connectivity index (χ1) is 10.1. The molecular formula is C15H17BrN2O2S. The van der Waals surface area contributed by atoms with Crippen molar-refractivity contribution < 1.29 is 8.42 Å². The maximum absolute atomic E-state index is 12.6. The summed E-state index contributed by atoms with van der Waals surface area (Å²) in [5.74, 6) is 0. The lowest BCUT2D eigenvalue weighted by Gasteiger charge is -2.26. The van der Waals surface area contributed by atoms with Crippen LogP contribution in [0.15, 0.2) is 41.4 Å². The molecule has 3 rings (SSSR count). The summed E-state index contributed by atoms with van der Waals surface area (Å²) < 4.78 is 28.1. The fraction of sp³-hybridized carbons (Fsp3) is 0.400. The summed E-state index contributed by atoms with van der Waals surface area (Å²) in [5, 5.41) is 0.668. The second kappa shape index (κ2) is 6.02. The van der Waals surface area contributed by atoms with Crippen LogP contribution in [0.3, 0.4) is 0 Å². The van der Waals surface area contributed by atoms with Gasteiger partial charge in [-0.25, -0.2) is 13.1 Å². The molecule has 1 aliphatic rings. The van der Waals surface area contributed by atoms with Crippen molar-refractivity contribution in [2.24, 2.45) is 0 Å². The van der Waals surface area contributed by atoms with Gasteiger partial charge in [-0.1, -0.05) is 22.0 Å². The van der Waals surface area contributed by atoms with E-state index in [1.807, 2.05) is 6.07 Å². The van der Waals surface area contributed by atoms with Crippen molar-refractivity contribution >= 4 is 36.9 Å². The van der Waals surface area contributed by atoms with E-state index in [1.165, 1.54) is 0 Å². The number of rotatable bonds is 3. The summed E-state index contributed by atoms with van der Waals surface area (Å²) in [4.78, 5) is 5.04. The largest absolute Gasteiger partial charge is 0.256 e. The van der Waals surface area contributed by atoms with Gasteiger partial charge in [0, 0.05) is 22.5 Å². The molecule has 1 heterocycles. The minimum absolute atomic E-state index is 0.0238. The maximum atomic E-state index is 12.6. The molecule has 0 bridgehead atoms. The van der Waals surface area contributed by atoms with Crippen LogP contribution in [0.4, 0.5) is 0 Å². The number of nitrogens with zero attached hydrogens (tertiary/aromatic N) is 1. The molecule has 0 spiro atoms. The molecule has 112 valence electrons. The third kappa shape index (κ3) is 3.27. The molecule has 6 heteroatoms. The standard InChI is InChI=1S/C15H17BrN2O2S/c16-11-6-8-12(9-7-11)18-21(19,20)15-5-1-4-14-13(15)3-2-10-17-14/h1-5,10-12,18H,6-9H2. The molecule has 1 saturated carbocycles. The molecule has 0 unspecified atom stereocenters. The van der Waals surface area contributed by atoms with Gasteiger partial charge >= 0.3 is 0 Å². The average molecular weight is 369 g/mol. The minimum Gasteiger partial charge on any atom is -0.256 e. The van der Waals surface area contributed by atoms with Crippen LogP contribution < -0.4 is 4.72 Å². The van der Waals surface area contributed by atoms with Gasteiger partial charge in [-0.2, -0.15) is 0 Å². The predicted octanol–water partition coefficient (Wildman–Crippen LogP) is 3.22. The maximum Gasteiger partial charge on any atom is 0.241 e. The first-order valence-electron chi connectivity index (χ1n) is 7.06. The first-order valence-corrected chi connectivity index (χ1v) is 9.46. The zero-order valence-electron chi connectivity index (χ0n) is 11.5. The number of fused-ring (bicyclic) bond motifs is 1. The van der Waals surface area contributed by atoms with Crippen LogP contribution in [-0.4, -0.2) is 24.3 Å². The molecule has 1 aromatic heterocycles. The van der Waals surface area contributed by atoms with Gasteiger partial charge in [-0.15, -0.1) is 0 Å². The zero-order chi connectivity index (χ0) is 14.9. The molecule has 1 aliphatic carbocycles. The lowest BCUT2D eigenvalue weighted by atomic mass is 9.96. The lowest BCUT2D eigenvalue weighted by molar-refractivity contribution is 0.423. The Kier molecular flexibility index (Phi) is 4.28. The molecule has 1 aromatic carbocycles. The third-order valence-electron chi connectivity index (χ3n) is 3.87. The van der Waals surface area contributed by atoms with Crippen LogP contribution in [-0.2, 0) is 10.0 Å². The quantitative estimate of drug-likeness (QED) is 0.846. The Hall–Kier alpha value is -0.980. The van der Waals surface area contributed by atoms with Crippen LogP contribution >= 0.6 is 15.9 Å². The van der Waals surface area contributed by atoms with Gasteiger partial charge in [0.25, 0.3) is 0 Å². The second-order valence-corrected chi connectivity index (χ2v) is 8.37. The van der Waals surface area contributed by atoms with Crippen LogP contribution in [0.25, 0.3) is 10.9 Å². The highest BCUT2D eigenvalue weighted by molar-refractivity contribution is 9.09. The number of benzene rings is 1. The molecule has 0 radical (unpaired) electrons. The molecule has 1 N–H and O–H groups in total. The second-order valence-electron chi connectivity index (χ2n) is 5.40. The molecule has 0 amide bonds. The highest BCUT2D eigenvalue weighted by Crippen LogP contribution is 2.27. The summed E-state index contributed by atoms with van der Waals surface area (Å²) in [7, 11) is -3.51. The van der Waals surface area contributed by atoms with Gasteiger partial charge in [-0.05, 0) is 49.9 Å². The van der Waals surface area contributed by atoms with Crippen molar-refractivity contribution in [1.82, 2.24) is 9.71 Å². The SMILES string of the molecule is O=S(=O)(NC1CCC(Br)CC1)c1cccc2ncccc12. The summed E-state index contributed by atoms with van der Waals surface area (Å²) in [6.07, 6.45) is 5.42. The highest BCUT2D eigenvalue weighted by Gasteiger charge is 2.25. The van der Waals surface area contributed by atoms with Crippen LogP contribution in [0, 0.1) is 0 Å². The topological polar surface area (TPSA) is 59.1 Å². The molecule has 2 aromatic rings. The van der Waals surface area contributed by atoms with Crippen molar-refractivity contribution in [1.29, 1.82) is 0 Å². The summed E-state index contributed by atoms with van der Waals surface area (Å²) in [6, 6.07) is 8.78. The first kappa shape index (κ1) is 14.9. The van der Waals surface area contributed by atoms with E-state index in [2.05, 4.69) is 25.6 Å². The highest BCUT2D eigenvalue weighted by atomic mass is 79.9. The van der Waals surface area contributed by atoms with E-state index in [9.17, 15) is 8.42 Å². The van der Waals surface area contributed by atoms with Gasteiger partial charge in [0.05, 0.1) is 10.4 Å². The predicted molar refractivity (Wildman–Crippen MR) is 87.0 cm³/mol. The van der Waals surface area contributed by atoms with Gasteiger partial charge in [0.2, 0.25) is 10.0 Å². The Bertz CT molecular complexity index is 735. The third-order valence-corrected chi connectivity index (χ3v) is 6.37. The summed E-state index contributed by atoms with van der Waals surface area (Å²) in [6.45, 7) is 0. The molecular weight excluding hydrogens is 352 g/mol. The van der Waals surface area contributed by atoms with E-state index in [-0.39, 0.29) is 6.04 Å². The van der Waals surface area contributed by atoms with Crippen molar-refractivity contribution in [3.8, 4) is 0 Å². The average Bonchev–Trinajstić information content (AvgIpc) is 2.49. The van der Waals surface area contributed by atoms with Crippen LogP contribution in [0.1, 0.15) is 25.7 Å². The van der Waals surface area contributed by atoms with E-state index < -0.39 is 10.0 Å². The fourth-order valence-corrected chi connectivity index (χ4v) is 4.81. The molecule has 0 saturated heterocycles. The summed E-state index contributed by atoms with van der Waals surface area (Å²) in [5.41, 5.74) is 0.699. The van der Waals surface area contributed by atoms with E-state index in [1.54, 1.807) is 30.5 Å². The minimum atomic E-state index is -3.51. The number of aromatic nitrogens is 1. The van der Waals surface area contributed by atoms with Crippen molar-refractivity contribution in [2.45, 2.75) is 41.4 Å². The number of hydrogen-bond acceptors (Lipinski definition) is 3. The van der Waals surface area contributed by atoms with E-state index in [0.29, 0.717) is 20.6 Å². The van der Waals surface area contributed by atoms with Gasteiger partial charge in [-0.3, -0.25) is 4.98 Å². The van der Waals surface area contributed by atoms with Crippen molar-refractivity contribution in [2.75, 3.05) is 0 Å². The van der Waals surface area contributed by atoms with Gasteiger partial charge in [0.1, 0.15) is 0 Å². The molecule has 21 heavy (non-hydrogen) atoms. The van der Waals surface area contributed by atoms with E-state index in [4.69, 9.17) is 0 Å². The number of alkyl halides is 1. The Labute approximate surface area is 133 Å². The summed E-state index contributed by atoms with van der Waals surface area (Å²) >= 11 is 3.59. The molecule has 1 fully saturated rings. The van der Waals surface area contributed by atoms with Crippen LogP contribution in [0.2, 0.25) is 0 Å². The normalized spacial score (nSPS) is 23.3. The Morgan fingerprint density at radius 3 is 2.62 bits per heavy atom. The number of hydrogen-bond donors (Lipinski definition) is 1. The number of halogens is 1. The zero-order valence-corrected chi connectivity index (χ0v) is 13.9. The molecule has 0 aliphatic heterocycles. The van der Waals surface area contributed by atoms with Crippen molar-refractivity contribution in [3.63, 3.8) is 0 Å². The van der Waals surface area contributed by atoms with Crippen LogP contribution in [0.5, 0.6) is 0 Å². The van der Waals surface area contributed by atoms with Gasteiger partial charge < -0.3 is 0 Å². The van der Waals surface area contributed by atoms with E-state index in [0.717, 1.165) is 25.7 Å². The van der Waals surface area contributed by atoms with Crippen molar-refractivity contribution in [3.05, 3.63) is 36.5 Å². The molecule has 0 atom stereocenters. The monoisotopic (exact) mass is 368 g/mol.